The van der Waals surface area contributed by atoms with Gasteiger partial charge in [-0.05, 0) is 44.2 Å². The summed E-state index contributed by atoms with van der Waals surface area (Å²) in [5.74, 6) is -10.3. The van der Waals surface area contributed by atoms with Gasteiger partial charge in [0.05, 0.1) is 5.56 Å². The highest BCUT2D eigenvalue weighted by Gasteiger charge is 2.59. The quantitative estimate of drug-likeness (QED) is 0.233. The van der Waals surface area contributed by atoms with Crippen molar-refractivity contribution in [1.29, 1.82) is 0 Å². The number of aliphatic hydroxyl groups excluding tert-OH is 2. The van der Waals surface area contributed by atoms with Gasteiger partial charge in [-0.2, -0.15) is 8.78 Å². The summed E-state index contributed by atoms with van der Waals surface area (Å²) < 4.78 is 41.6. The molecule has 0 aromatic heterocycles. The first-order chi connectivity index (χ1) is 18.2. The van der Waals surface area contributed by atoms with E-state index >= 15 is 0 Å². The maximum absolute atomic E-state index is 14.7. The summed E-state index contributed by atoms with van der Waals surface area (Å²) in [6.45, 7) is 3.83. The van der Waals surface area contributed by atoms with Crippen LogP contribution >= 0.6 is 0 Å². The molecule has 7 N–H and O–H groups in total. The lowest BCUT2D eigenvalue weighted by Crippen LogP contribution is -2.57. The Bertz CT molecular complexity index is 1440. The average molecular weight is 549 g/mol. The summed E-state index contributed by atoms with van der Waals surface area (Å²) in [6, 6.07) is 1.03. The molecule has 1 aromatic rings. The second-order valence-corrected chi connectivity index (χ2v) is 10.0. The van der Waals surface area contributed by atoms with Gasteiger partial charge in [0.2, 0.25) is 5.78 Å². The number of Topliss-reactive ketones (excluding diaryl/α,β-unsaturated/α-hetero) is 2. The molecule has 4 rings (SSSR count). The Kier molecular flexibility index (Phi) is 7.21. The van der Waals surface area contributed by atoms with E-state index in [0.717, 1.165) is 11.6 Å². The number of amides is 1. The minimum Gasteiger partial charge on any atom is -0.511 e. The number of hydrogen-bond acceptors (Lipinski definition) is 8. The van der Waals surface area contributed by atoms with Crippen molar-refractivity contribution in [3.05, 3.63) is 68.7 Å². The Morgan fingerprint density at radius 1 is 1.21 bits per heavy atom. The third kappa shape index (κ3) is 4.33. The number of fused-ring (bicyclic) bond motifs is 3. The lowest BCUT2D eigenvalue weighted by atomic mass is 9.60. The number of nitrogens with one attached hydrogen (secondary N) is 1. The van der Waals surface area contributed by atoms with Crippen LogP contribution in [0.5, 0.6) is 5.75 Å². The molecule has 3 aliphatic rings. The first-order valence-electron chi connectivity index (χ1n) is 12.1. The van der Waals surface area contributed by atoms with E-state index in [9.17, 15) is 48.0 Å². The molecule has 0 saturated carbocycles. The van der Waals surface area contributed by atoms with Gasteiger partial charge < -0.3 is 31.5 Å². The Morgan fingerprint density at radius 3 is 2.46 bits per heavy atom. The predicted octanol–water partition coefficient (Wildman–Crippen LogP) is 3.17. The summed E-state index contributed by atoms with van der Waals surface area (Å²) in [7, 11) is 0. The summed E-state index contributed by atoms with van der Waals surface area (Å²) in [5.41, 5.74) is 0.502. The first-order valence-corrected chi connectivity index (χ1v) is 12.1. The molecule has 3 aliphatic carbocycles. The van der Waals surface area contributed by atoms with E-state index in [1.165, 1.54) is 0 Å². The van der Waals surface area contributed by atoms with Gasteiger partial charge in [0, 0.05) is 42.1 Å². The molecule has 0 spiro atoms. The van der Waals surface area contributed by atoms with Crippen molar-refractivity contribution in [2.24, 2.45) is 17.6 Å². The van der Waals surface area contributed by atoms with Crippen LogP contribution in [-0.2, 0) is 22.6 Å². The number of nitrogens with two attached hydrogens (primary N) is 1. The zero-order valence-corrected chi connectivity index (χ0v) is 21.1. The summed E-state index contributed by atoms with van der Waals surface area (Å²) in [4.78, 5) is 38.5. The van der Waals surface area contributed by atoms with Gasteiger partial charge in [-0.15, -0.1) is 0 Å². The number of aliphatic hydroxyl groups is 3. The number of primary amides is 1. The minimum atomic E-state index is -2.77. The highest BCUT2D eigenvalue weighted by atomic mass is 19.3. The van der Waals surface area contributed by atoms with Crippen molar-refractivity contribution in [1.82, 2.24) is 5.32 Å². The van der Waals surface area contributed by atoms with E-state index < -0.39 is 92.8 Å². The molecule has 0 fully saturated rings. The number of ketones is 2. The molecular weight excluding hydrogens is 521 g/mol. The van der Waals surface area contributed by atoms with Crippen LogP contribution in [0.2, 0.25) is 0 Å². The molecule has 0 heterocycles. The van der Waals surface area contributed by atoms with Crippen LogP contribution in [-0.4, -0.2) is 50.0 Å². The third-order valence-corrected chi connectivity index (χ3v) is 7.76. The van der Waals surface area contributed by atoms with Crippen LogP contribution < -0.4 is 11.1 Å². The Morgan fingerprint density at radius 2 is 1.87 bits per heavy atom. The fraction of sp³-hybridized carbons (Fsp3) is 0.370. The fourth-order valence-corrected chi connectivity index (χ4v) is 5.67. The number of phenolic OH excluding ortho intramolecular Hbond substituents is 1. The monoisotopic (exact) mass is 548 g/mol. The molecule has 0 aliphatic heterocycles. The van der Waals surface area contributed by atoms with E-state index in [0.29, 0.717) is 6.54 Å². The van der Waals surface area contributed by atoms with Crippen LogP contribution in [0.15, 0.2) is 46.5 Å². The van der Waals surface area contributed by atoms with Crippen molar-refractivity contribution in [2.45, 2.75) is 45.3 Å². The van der Waals surface area contributed by atoms with Gasteiger partial charge in [0.1, 0.15) is 22.8 Å². The van der Waals surface area contributed by atoms with Gasteiger partial charge in [-0.1, -0.05) is 11.6 Å². The molecule has 1 aromatic carbocycles. The topological polar surface area (TPSA) is 170 Å². The van der Waals surface area contributed by atoms with E-state index in [1.807, 2.05) is 13.0 Å². The van der Waals surface area contributed by atoms with Gasteiger partial charge in [0.25, 0.3) is 5.91 Å². The number of hydrogen-bond donors (Lipinski definition) is 6. The smallest absolute Gasteiger partial charge is 0.306 e. The zero-order chi connectivity index (χ0) is 29.0. The molecule has 0 saturated heterocycles. The Hall–Kier alpha value is -3.90. The highest BCUT2D eigenvalue weighted by Crippen LogP contribution is 2.52. The van der Waals surface area contributed by atoms with Crippen molar-refractivity contribution in [3.63, 3.8) is 0 Å². The molecule has 208 valence electrons. The van der Waals surface area contributed by atoms with Crippen LogP contribution in [0.1, 0.15) is 53.7 Å². The van der Waals surface area contributed by atoms with Gasteiger partial charge in [0.15, 0.2) is 17.2 Å². The predicted molar refractivity (Wildman–Crippen MR) is 132 cm³/mol. The van der Waals surface area contributed by atoms with E-state index in [4.69, 9.17) is 5.73 Å². The molecule has 12 heteroatoms. The Labute approximate surface area is 220 Å². The molecule has 1 amide bonds. The van der Waals surface area contributed by atoms with Gasteiger partial charge in [-0.25, -0.2) is 4.39 Å². The van der Waals surface area contributed by atoms with Crippen LogP contribution in [0.3, 0.4) is 0 Å². The zero-order valence-electron chi connectivity index (χ0n) is 21.1. The fourth-order valence-electron chi connectivity index (χ4n) is 5.67. The molecule has 1 unspecified atom stereocenters. The largest absolute Gasteiger partial charge is 0.511 e. The number of carbonyl (C=O) groups excluding carboxylic acids is 3. The van der Waals surface area contributed by atoms with Gasteiger partial charge in [-0.3, -0.25) is 14.4 Å². The van der Waals surface area contributed by atoms with E-state index in [-0.39, 0.29) is 30.5 Å². The number of halogens is 3. The lowest BCUT2D eigenvalue weighted by molar-refractivity contribution is -0.144. The van der Waals surface area contributed by atoms with Gasteiger partial charge >= 0.3 is 6.08 Å². The van der Waals surface area contributed by atoms with Crippen LogP contribution in [0.25, 0.3) is 5.83 Å². The lowest BCUT2D eigenvalue weighted by Gasteiger charge is -2.45. The van der Waals surface area contributed by atoms with Crippen molar-refractivity contribution in [2.75, 3.05) is 6.54 Å². The second-order valence-electron chi connectivity index (χ2n) is 10.0. The normalized spacial score (nSPS) is 24.8. The first kappa shape index (κ1) is 28.1. The number of allylic oxidation sites excluding steroid dienone is 3. The van der Waals surface area contributed by atoms with Crippen molar-refractivity contribution < 1.29 is 48.0 Å². The molecule has 9 nitrogen and oxygen atoms in total. The standard InChI is InChI=1S/C27H27F3N2O7/c1-3-10(2)8-32-9-12-6-15(20(28)25(29)30)14-5-11-4-13-7-16(33)19(26(31)38)24(37)27(13,39)23(36)17(11)22(35)18(14)21(12)34/h3,6,11,13,32-34,36,39H,4-5,7-9H2,1-2H3,(H2,31,38)/b10-3+/t11?,13-,27-/m0/s1. The maximum atomic E-state index is 14.7. The summed E-state index contributed by atoms with van der Waals surface area (Å²) in [5, 5.41) is 46.6. The number of rotatable bonds is 6. The Balaban J connectivity index is 1.89. The van der Waals surface area contributed by atoms with Crippen LogP contribution in [0.4, 0.5) is 13.2 Å². The van der Waals surface area contributed by atoms with Crippen molar-refractivity contribution in [3.8, 4) is 5.75 Å². The average Bonchev–Trinajstić information content (AvgIpc) is 2.86. The number of benzene rings is 1. The van der Waals surface area contributed by atoms with Crippen LogP contribution in [0, 0.1) is 11.8 Å². The highest BCUT2D eigenvalue weighted by molar-refractivity contribution is 6.24. The SMILES string of the molecule is C/C=C(\C)CNCc1cc(C(F)=C(F)F)c2c(c1O)C(=O)C1=C(O)[C@]3(O)C(=O)C(C(N)=O)=C(O)C[C@@H]3CC1C2. The summed E-state index contributed by atoms with van der Waals surface area (Å²) >= 11 is 0. The second kappa shape index (κ2) is 10.0. The third-order valence-electron chi connectivity index (χ3n) is 7.76. The molecule has 39 heavy (non-hydrogen) atoms. The minimum absolute atomic E-state index is 0.0686. The van der Waals surface area contributed by atoms with E-state index in [2.05, 4.69) is 5.32 Å². The molecule has 0 bridgehead atoms. The molecular formula is C27H27F3N2O7. The molecule has 0 radical (unpaired) electrons. The van der Waals surface area contributed by atoms with E-state index in [1.54, 1.807) is 6.92 Å². The number of carbonyl (C=O) groups is 3. The van der Waals surface area contributed by atoms with Crippen molar-refractivity contribution >= 4 is 23.3 Å². The number of phenols is 1. The maximum Gasteiger partial charge on any atom is 0.306 e. The number of aromatic hydroxyl groups is 1. The molecule has 3 atom stereocenters. The summed E-state index contributed by atoms with van der Waals surface area (Å²) in [6.07, 6.45) is -1.77.